The number of ether oxygens (including phenoxy) is 1. The van der Waals surface area contributed by atoms with Crippen molar-refractivity contribution in [2.75, 3.05) is 24.7 Å². The number of hydrogen-bond donors (Lipinski definition) is 1. The van der Waals surface area contributed by atoms with E-state index in [-0.39, 0.29) is 12.1 Å². The zero-order valence-corrected chi connectivity index (χ0v) is 11.7. The molecule has 1 aromatic rings. The minimum absolute atomic E-state index is 0.0796. The Morgan fingerprint density at radius 2 is 1.95 bits per heavy atom. The molecule has 1 saturated carbocycles. The van der Waals surface area contributed by atoms with Crippen molar-refractivity contribution in [3.8, 4) is 0 Å². The van der Waals surface area contributed by atoms with Crippen LogP contribution in [0.4, 0.5) is 11.4 Å². The van der Waals surface area contributed by atoms with E-state index in [4.69, 9.17) is 10.5 Å². The van der Waals surface area contributed by atoms with Gasteiger partial charge in [0.2, 0.25) is 0 Å². The maximum atomic E-state index is 12.1. The topological polar surface area (TPSA) is 55.6 Å². The number of anilines is 2. The van der Waals surface area contributed by atoms with Crippen molar-refractivity contribution in [2.45, 2.75) is 38.2 Å². The van der Waals surface area contributed by atoms with E-state index in [1.165, 1.54) is 6.42 Å². The molecule has 1 fully saturated rings. The van der Waals surface area contributed by atoms with Crippen LogP contribution in [0.25, 0.3) is 0 Å². The molecule has 0 aromatic heterocycles. The minimum Gasteiger partial charge on any atom is -0.459 e. The van der Waals surface area contributed by atoms with Gasteiger partial charge in [-0.3, -0.25) is 0 Å². The van der Waals surface area contributed by atoms with E-state index < -0.39 is 0 Å². The number of carbonyl (C=O) groups is 1. The predicted molar refractivity (Wildman–Crippen MR) is 77.5 cm³/mol. The molecule has 1 aliphatic carbocycles. The fraction of sp³-hybridized carbons (Fsp3) is 0.533. The summed E-state index contributed by atoms with van der Waals surface area (Å²) in [7, 11) is 3.84. The van der Waals surface area contributed by atoms with Gasteiger partial charge < -0.3 is 15.4 Å². The van der Waals surface area contributed by atoms with Gasteiger partial charge in [-0.1, -0.05) is 6.42 Å². The molecule has 0 aliphatic heterocycles. The Balaban J connectivity index is 2.04. The van der Waals surface area contributed by atoms with Crippen LogP contribution in [0.5, 0.6) is 0 Å². The molecule has 4 heteroatoms. The van der Waals surface area contributed by atoms with Gasteiger partial charge in [0.25, 0.3) is 0 Å². The molecular formula is C15H22N2O2. The molecule has 19 heavy (non-hydrogen) atoms. The summed E-state index contributed by atoms with van der Waals surface area (Å²) in [6.07, 6.45) is 5.60. The molecule has 1 aliphatic rings. The molecule has 0 spiro atoms. The molecule has 1 aromatic carbocycles. The molecule has 104 valence electrons. The molecule has 0 heterocycles. The quantitative estimate of drug-likeness (QED) is 0.672. The highest BCUT2D eigenvalue weighted by atomic mass is 16.5. The van der Waals surface area contributed by atoms with Gasteiger partial charge in [0.05, 0.1) is 16.9 Å². The zero-order valence-electron chi connectivity index (χ0n) is 11.7. The average molecular weight is 262 g/mol. The second-order valence-electron chi connectivity index (χ2n) is 5.33. The third kappa shape index (κ3) is 3.40. The van der Waals surface area contributed by atoms with Crippen molar-refractivity contribution in [1.82, 2.24) is 0 Å². The molecular weight excluding hydrogens is 240 g/mol. The molecule has 0 unspecified atom stereocenters. The Morgan fingerprint density at radius 1 is 1.26 bits per heavy atom. The second-order valence-corrected chi connectivity index (χ2v) is 5.33. The molecule has 0 bridgehead atoms. The van der Waals surface area contributed by atoms with Crippen molar-refractivity contribution in [3.63, 3.8) is 0 Å². The van der Waals surface area contributed by atoms with Crippen LogP contribution in [0.1, 0.15) is 42.5 Å². The fourth-order valence-electron chi connectivity index (χ4n) is 2.49. The van der Waals surface area contributed by atoms with Crippen LogP contribution in [-0.2, 0) is 4.74 Å². The van der Waals surface area contributed by atoms with E-state index in [1.807, 2.05) is 25.1 Å². The maximum absolute atomic E-state index is 12.1. The lowest BCUT2D eigenvalue weighted by Gasteiger charge is -2.22. The molecule has 4 nitrogen and oxygen atoms in total. The summed E-state index contributed by atoms with van der Waals surface area (Å²) >= 11 is 0. The molecule has 0 atom stereocenters. The normalized spacial score (nSPS) is 16.1. The monoisotopic (exact) mass is 262 g/mol. The Labute approximate surface area is 114 Å². The van der Waals surface area contributed by atoms with Crippen molar-refractivity contribution in [3.05, 3.63) is 23.8 Å². The molecule has 2 N–H and O–H groups in total. The van der Waals surface area contributed by atoms with Crippen molar-refractivity contribution in [2.24, 2.45) is 0 Å². The maximum Gasteiger partial charge on any atom is 0.338 e. The van der Waals surface area contributed by atoms with Crippen LogP contribution in [0.15, 0.2) is 18.2 Å². The van der Waals surface area contributed by atoms with Gasteiger partial charge in [-0.05, 0) is 43.9 Å². The van der Waals surface area contributed by atoms with E-state index >= 15 is 0 Å². The summed E-state index contributed by atoms with van der Waals surface area (Å²) in [6, 6.07) is 5.32. The van der Waals surface area contributed by atoms with Gasteiger partial charge in [0.1, 0.15) is 6.10 Å². The average Bonchev–Trinajstić information content (AvgIpc) is 2.39. The van der Waals surface area contributed by atoms with E-state index in [2.05, 4.69) is 0 Å². The fourth-order valence-corrected chi connectivity index (χ4v) is 2.49. The van der Waals surface area contributed by atoms with Gasteiger partial charge in [0.15, 0.2) is 0 Å². The summed E-state index contributed by atoms with van der Waals surface area (Å²) in [4.78, 5) is 14.0. The first-order valence-electron chi connectivity index (χ1n) is 6.86. The van der Waals surface area contributed by atoms with Crippen LogP contribution >= 0.6 is 0 Å². The van der Waals surface area contributed by atoms with Crippen molar-refractivity contribution < 1.29 is 9.53 Å². The number of nitrogens with zero attached hydrogens (tertiary/aromatic N) is 1. The standard InChI is InChI=1S/C15H22N2O2/c1-17(2)14-9-8-11(10-13(14)16)15(18)19-12-6-4-3-5-7-12/h8-10,12H,3-7,16H2,1-2H3. The number of nitrogen functional groups attached to an aromatic ring is 1. The number of esters is 1. The lowest BCUT2D eigenvalue weighted by atomic mass is 9.98. The molecule has 0 radical (unpaired) electrons. The summed E-state index contributed by atoms with van der Waals surface area (Å²) < 4.78 is 5.52. The number of benzene rings is 1. The summed E-state index contributed by atoms with van der Waals surface area (Å²) in [6.45, 7) is 0. The molecule has 2 rings (SSSR count). The Morgan fingerprint density at radius 3 is 2.53 bits per heavy atom. The predicted octanol–water partition coefficient (Wildman–Crippen LogP) is 2.82. The highest BCUT2D eigenvalue weighted by Crippen LogP contribution is 2.25. The lowest BCUT2D eigenvalue weighted by Crippen LogP contribution is -2.21. The smallest absolute Gasteiger partial charge is 0.338 e. The van der Waals surface area contributed by atoms with E-state index in [9.17, 15) is 4.79 Å². The van der Waals surface area contributed by atoms with Gasteiger partial charge in [0, 0.05) is 14.1 Å². The first-order valence-corrected chi connectivity index (χ1v) is 6.86. The van der Waals surface area contributed by atoms with Gasteiger partial charge in [-0.25, -0.2) is 4.79 Å². The highest BCUT2D eigenvalue weighted by molar-refractivity contribution is 5.92. The van der Waals surface area contributed by atoms with Gasteiger partial charge in [-0.15, -0.1) is 0 Å². The van der Waals surface area contributed by atoms with Crippen LogP contribution in [0.2, 0.25) is 0 Å². The van der Waals surface area contributed by atoms with Crippen molar-refractivity contribution in [1.29, 1.82) is 0 Å². The van der Waals surface area contributed by atoms with E-state index in [1.54, 1.807) is 12.1 Å². The summed E-state index contributed by atoms with van der Waals surface area (Å²) in [5, 5.41) is 0. The number of carbonyl (C=O) groups excluding carboxylic acids is 1. The van der Waals surface area contributed by atoms with Crippen LogP contribution in [-0.4, -0.2) is 26.2 Å². The zero-order chi connectivity index (χ0) is 13.8. The number of nitrogens with two attached hydrogens (primary N) is 1. The minimum atomic E-state index is -0.260. The Hall–Kier alpha value is -1.71. The largest absolute Gasteiger partial charge is 0.459 e. The third-order valence-electron chi connectivity index (χ3n) is 3.57. The number of hydrogen-bond acceptors (Lipinski definition) is 4. The Bertz CT molecular complexity index is 451. The highest BCUT2D eigenvalue weighted by Gasteiger charge is 2.19. The molecule has 0 amide bonds. The lowest BCUT2D eigenvalue weighted by molar-refractivity contribution is 0.0211. The van der Waals surface area contributed by atoms with Gasteiger partial charge >= 0.3 is 5.97 Å². The van der Waals surface area contributed by atoms with E-state index in [0.717, 1.165) is 31.4 Å². The first-order chi connectivity index (χ1) is 9.08. The summed E-state index contributed by atoms with van der Waals surface area (Å²) in [5.74, 6) is -0.260. The molecule has 0 saturated heterocycles. The van der Waals surface area contributed by atoms with Crippen LogP contribution < -0.4 is 10.6 Å². The SMILES string of the molecule is CN(C)c1ccc(C(=O)OC2CCCCC2)cc1N. The van der Waals surface area contributed by atoms with Crippen LogP contribution in [0.3, 0.4) is 0 Å². The summed E-state index contributed by atoms with van der Waals surface area (Å²) in [5.41, 5.74) is 7.99. The van der Waals surface area contributed by atoms with Crippen LogP contribution in [0, 0.1) is 0 Å². The second kappa shape index (κ2) is 5.95. The van der Waals surface area contributed by atoms with Gasteiger partial charge in [-0.2, -0.15) is 0 Å². The van der Waals surface area contributed by atoms with E-state index in [0.29, 0.717) is 11.3 Å². The third-order valence-corrected chi connectivity index (χ3v) is 3.57. The first kappa shape index (κ1) is 13.7. The Kier molecular flexibility index (Phi) is 4.30. The van der Waals surface area contributed by atoms with Crippen molar-refractivity contribution >= 4 is 17.3 Å². The number of rotatable bonds is 3.